The van der Waals surface area contributed by atoms with Gasteiger partial charge in [-0.05, 0) is 44.2 Å². The van der Waals surface area contributed by atoms with Crippen LogP contribution in [0.2, 0.25) is 5.02 Å². The van der Waals surface area contributed by atoms with Crippen LogP contribution in [0.15, 0.2) is 29.2 Å². The first kappa shape index (κ1) is 23.5. The number of piperazine rings is 1. The molecule has 0 spiro atoms. The zero-order valence-electron chi connectivity index (χ0n) is 18.8. The summed E-state index contributed by atoms with van der Waals surface area (Å²) >= 11 is 6.20. The first-order valence-electron chi connectivity index (χ1n) is 11.7. The van der Waals surface area contributed by atoms with Gasteiger partial charge in [-0.15, -0.1) is 0 Å². The van der Waals surface area contributed by atoms with Gasteiger partial charge in [0.1, 0.15) is 17.1 Å². The van der Waals surface area contributed by atoms with Crippen LogP contribution in [-0.2, 0) is 19.4 Å². The number of nitrogens with zero attached hydrogens (tertiary/aromatic N) is 3. The van der Waals surface area contributed by atoms with Crippen molar-refractivity contribution in [1.29, 1.82) is 5.26 Å². The number of hydrogen-bond acceptors (Lipinski definition) is 7. The lowest BCUT2D eigenvalue weighted by atomic mass is 10.1. The van der Waals surface area contributed by atoms with E-state index in [4.69, 9.17) is 11.6 Å². The van der Waals surface area contributed by atoms with Gasteiger partial charge in [-0.25, -0.2) is 8.42 Å². The third kappa shape index (κ3) is 3.98. The van der Waals surface area contributed by atoms with E-state index in [9.17, 15) is 23.3 Å². The topological polar surface area (TPSA) is 123 Å². The number of likely N-dealkylation sites (tertiary alicyclic amines) is 1. The van der Waals surface area contributed by atoms with Crippen molar-refractivity contribution in [3.63, 3.8) is 0 Å². The normalized spacial score (nSPS) is 27.6. The summed E-state index contributed by atoms with van der Waals surface area (Å²) in [6.45, 7) is 2.96. The minimum absolute atomic E-state index is 0.00838. The van der Waals surface area contributed by atoms with Gasteiger partial charge in [-0.2, -0.15) is 5.26 Å². The molecule has 2 heterocycles. The number of carbonyl (C=O) groups excluding carboxylic acids is 2. The highest BCUT2D eigenvalue weighted by Crippen LogP contribution is 2.45. The van der Waals surface area contributed by atoms with Crippen LogP contribution in [0.25, 0.3) is 0 Å². The summed E-state index contributed by atoms with van der Waals surface area (Å²) in [4.78, 5) is 30.8. The molecule has 0 bridgehead atoms. The summed E-state index contributed by atoms with van der Waals surface area (Å²) in [6, 6.07) is 7.42. The predicted octanol–water partition coefficient (Wildman–Crippen LogP) is 0.693. The minimum Gasteiger partial charge on any atom is -0.336 e. The highest BCUT2D eigenvalue weighted by atomic mass is 35.5. The Morgan fingerprint density at radius 3 is 2.41 bits per heavy atom. The van der Waals surface area contributed by atoms with Gasteiger partial charge >= 0.3 is 0 Å². The maximum absolute atomic E-state index is 13.9. The van der Waals surface area contributed by atoms with Crippen LogP contribution < -0.4 is 10.6 Å². The second-order valence-electron chi connectivity index (χ2n) is 9.76. The third-order valence-electron chi connectivity index (χ3n) is 7.58. The zero-order valence-corrected chi connectivity index (χ0v) is 20.4. The summed E-state index contributed by atoms with van der Waals surface area (Å²) in [5.41, 5.74) is -1.57. The van der Waals surface area contributed by atoms with E-state index in [1.165, 1.54) is 17.0 Å². The Labute approximate surface area is 204 Å². The van der Waals surface area contributed by atoms with Crippen molar-refractivity contribution in [2.24, 2.45) is 0 Å². The fraction of sp³-hybridized carbons (Fsp3) is 0.609. The van der Waals surface area contributed by atoms with Gasteiger partial charge in [0.15, 0.2) is 9.84 Å². The zero-order chi connectivity index (χ0) is 24.1. The smallest absolute Gasteiger partial charge is 0.244 e. The standard InChI is InChI=1S/C23H28ClN5O4S/c24-17-3-1-2-4-19(17)34(32,33)16-13-18(20(30)27-22(15-25)5-6-22)29(14-16)21(31)23(7-8-23)28-11-9-26-10-12-28/h1-4,16,18,26H,5-14H2,(H,27,30)/t16-,18+/m1/s1. The molecule has 11 heteroatoms. The molecule has 34 heavy (non-hydrogen) atoms. The monoisotopic (exact) mass is 505 g/mol. The van der Waals surface area contributed by atoms with Gasteiger partial charge in [0.25, 0.3) is 0 Å². The molecule has 4 aliphatic rings. The second-order valence-corrected chi connectivity index (χ2v) is 12.4. The van der Waals surface area contributed by atoms with Crippen LogP contribution in [-0.4, -0.2) is 85.1 Å². The Balaban J connectivity index is 1.44. The molecule has 9 nitrogen and oxygen atoms in total. The molecular formula is C23H28ClN5O4S. The Morgan fingerprint density at radius 2 is 1.82 bits per heavy atom. The van der Waals surface area contributed by atoms with E-state index in [1.54, 1.807) is 12.1 Å². The summed E-state index contributed by atoms with van der Waals surface area (Å²) in [5, 5.41) is 14.7. The number of benzene rings is 1. The first-order valence-corrected chi connectivity index (χ1v) is 13.6. The Hall–Kier alpha value is -2.19. The van der Waals surface area contributed by atoms with Crippen LogP contribution in [0.3, 0.4) is 0 Å². The molecule has 2 N–H and O–H groups in total. The molecule has 2 saturated heterocycles. The number of nitrogens with one attached hydrogen (secondary N) is 2. The largest absolute Gasteiger partial charge is 0.336 e. The fourth-order valence-electron chi connectivity index (χ4n) is 5.20. The van der Waals surface area contributed by atoms with E-state index in [-0.39, 0.29) is 28.8 Å². The molecule has 5 rings (SSSR count). The first-order chi connectivity index (χ1) is 16.2. The molecule has 1 aromatic rings. The molecule has 0 aromatic heterocycles. The van der Waals surface area contributed by atoms with Crippen molar-refractivity contribution in [1.82, 2.24) is 20.4 Å². The molecule has 0 unspecified atom stereocenters. The summed E-state index contributed by atoms with van der Waals surface area (Å²) in [7, 11) is -3.88. The highest BCUT2D eigenvalue weighted by Gasteiger charge is 2.60. The Kier molecular flexibility index (Phi) is 5.88. The quantitative estimate of drug-likeness (QED) is 0.583. The van der Waals surface area contributed by atoms with Crippen molar-refractivity contribution in [2.75, 3.05) is 32.7 Å². The number of sulfone groups is 1. The van der Waals surface area contributed by atoms with Gasteiger partial charge < -0.3 is 15.5 Å². The van der Waals surface area contributed by atoms with Gasteiger partial charge in [0.05, 0.1) is 21.2 Å². The van der Waals surface area contributed by atoms with Crippen LogP contribution >= 0.6 is 11.6 Å². The summed E-state index contributed by atoms with van der Waals surface area (Å²) < 4.78 is 27.0. The van der Waals surface area contributed by atoms with Crippen molar-refractivity contribution < 1.29 is 18.0 Å². The molecular weight excluding hydrogens is 478 g/mol. The van der Waals surface area contributed by atoms with Crippen LogP contribution in [0, 0.1) is 11.3 Å². The van der Waals surface area contributed by atoms with E-state index < -0.39 is 38.1 Å². The third-order valence-corrected chi connectivity index (χ3v) is 10.2. The molecule has 4 fully saturated rings. The maximum Gasteiger partial charge on any atom is 0.244 e. The number of amides is 2. The summed E-state index contributed by atoms with van der Waals surface area (Å²) in [6.07, 6.45) is 2.48. The SMILES string of the molecule is N#CC1(NC(=O)[C@@H]2C[C@@H](S(=O)(=O)c3ccccc3Cl)CN2C(=O)C2(N3CCNCC3)CC2)CC1. The lowest BCUT2D eigenvalue weighted by molar-refractivity contribution is -0.144. The van der Waals surface area contributed by atoms with Gasteiger partial charge in [0, 0.05) is 32.7 Å². The van der Waals surface area contributed by atoms with Gasteiger partial charge in [-0.1, -0.05) is 23.7 Å². The minimum atomic E-state index is -3.88. The van der Waals surface area contributed by atoms with Crippen molar-refractivity contribution in [3.05, 3.63) is 29.3 Å². The lowest BCUT2D eigenvalue weighted by Crippen LogP contribution is -2.59. The van der Waals surface area contributed by atoms with Crippen LogP contribution in [0.4, 0.5) is 0 Å². The molecule has 2 aliphatic heterocycles. The number of nitriles is 1. The van der Waals surface area contributed by atoms with E-state index in [2.05, 4.69) is 21.6 Å². The maximum atomic E-state index is 13.9. The van der Waals surface area contributed by atoms with Gasteiger partial charge in [0.2, 0.25) is 11.8 Å². The number of halogens is 1. The molecule has 0 radical (unpaired) electrons. The van der Waals surface area contributed by atoms with Gasteiger partial charge in [-0.3, -0.25) is 14.5 Å². The Bertz CT molecular complexity index is 1150. The molecule has 2 amide bonds. The van der Waals surface area contributed by atoms with Crippen LogP contribution in [0.1, 0.15) is 32.1 Å². The fourth-order valence-corrected chi connectivity index (χ4v) is 7.42. The van der Waals surface area contributed by atoms with E-state index in [0.29, 0.717) is 25.7 Å². The molecule has 2 aliphatic carbocycles. The lowest BCUT2D eigenvalue weighted by Gasteiger charge is -2.37. The number of hydrogen-bond donors (Lipinski definition) is 2. The Morgan fingerprint density at radius 1 is 1.15 bits per heavy atom. The van der Waals surface area contributed by atoms with Crippen LogP contribution in [0.5, 0.6) is 0 Å². The second kappa shape index (κ2) is 8.48. The van der Waals surface area contributed by atoms with Crippen molar-refractivity contribution in [2.45, 2.75) is 59.4 Å². The van der Waals surface area contributed by atoms with E-state index in [1.807, 2.05) is 0 Å². The number of carbonyl (C=O) groups is 2. The molecule has 1 aromatic carbocycles. The molecule has 2 saturated carbocycles. The predicted molar refractivity (Wildman–Crippen MR) is 125 cm³/mol. The van der Waals surface area contributed by atoms with Crippen molar-refractivity contribution in [3.8, 4) is 6.07 Å². The number of rotatable bonds is 6. The average Bonchev–Trinajstić information content (AvgIpc) is 3.76. The average molecular weight is 506 g/mol. The van der Waals surface area contributed by atoms with E-state index >= 15 is 0 Å². The molecule has 2 atom stereocenters. The molecule has 182 valence electrons. The highest BCUT2D eigenvalue weighted by molar-refractivity contribution is 7.92. The van der Waals surface area contributed by atoms with E-state index in [0.717, 1.165) is 26.2 Å². The van der Waals surface area contributed by atoms with Crippen molar-refractivity contribution >= 4 is 33.3 Å². The summed E-state index contributed by atoms with van der Waals surface area (Å²) in [5.74, 6) is -0.645.